The number of aliphatic hydroxyl groups excluding tert-OH is 1. The molecule has 216 valence electrons. The summed E-state index contributed by atoms with van der Waals surface area (Å²) in [6.07, 6.45) is 4.30. The number of benzene rings is 2. The molecule has 3 N–H and O–H groups in total. The molecule has 3 amide bonds. The van der Waals surface area contributed by atoms with Gasteiger partial charge in [0, 0.05) is 38.3 Å². The highest BCUT2D eigenvalue weighted by atomic mass is 16.3. The van der Waals surface area contributed by atoms with Gasteiger partial charge in [-0.1, -0.05) is 76.1 Å². The Morgan fingerprint density at radius 3 is 2.40 bits per heavy atom. The number of amides is 3. The number of urea groups is 1. The number of unbranched alkanes of at least 4 members (excludes halogenated alkanes) is 2. The number of hydrazine groups is 1. The average molecular weight is 549 g/mol. The van der Waals surface area contributed by atoms with Gasteiger partial charge in [-0.15, -0.1) is 0 Å². The lowest BCUT2D eigenvalue weighted by molar-refractivity contribution is -0.151. The highest BCUT2D eigenvalue weighted by molar-refractivity contribution is 6.05. The first kappa shape index (κ1) is 29.6. The van der Waals surface area contributed by atoms with Crippen LogP contribution in [-0.2, 0) is 17.6 Å². The Morgan fingerprint density at radius 1 is 1.00 bits per heavy atom. The van der Waals surface area contributed by atoms with E-state index in [9.17, 15) is 14.7 Å². The molecular formula is C31H44N6O3. The number of hydrogen-bond donors (Lipinski definition) is 2. The quantitative estimate of drug-likeness (QED) is 0.274. The van der Waals surface area contributed by atoms with Gasteiger partial charge in [0.15, 0.2) is 11.7 Å². The molecule has 2 atom stereocenters. The van der Waals surface area contributed by atoms with E-state index in [1.54, 1.807) is 0 Å². The van der Waals surface area contributed by atoms with Gasteiger partial charge in [-0.2, -0.15) is 0 Å². The van der Waals surface area contributed by atoms with Crippen LogP contribution in [0, 0.1) is 0 Å². The number of likely N-dealkylation sites (N-methyl/N-ethyl adjacent to an activating group) is 1. The van der Waals surface area contributed by atoms with Crippen LogP contribution >= 0.6 is 0 Å². The number of nitrogen functional groups attached to an aromatic ring is 1. The third-order valence-corrected chi connectivity index (χ3v) is 8.01. The predicted molar refractivity (Wildman–Crippen MR) is 158 cm³/mol. The van der Waals surface area contributed by atoms with E-state index < -0.39 is 11.7 Å². The molecule has 0 radical (unpaired) electrons. The number of aliphatic hydroxyl groups is 1. The van der Waals surface area contributed by atoms with Crippen molar-refractivity contribution in [3.8, 4) is 0 Å². The maximum absolute atomic E-state index is 14.3. The highest BCUT2D eigenvalue weighted by Gasteiger charge is 2.62. The lowest BCUT2D eigenvalue weighted by Gasteiger charge is -2.51. The lowest BCUT2D eigenvalue weighted by atomic mass is 9.91. The van der Waals surface area contributed by atoms with Crippen molar-refractivity contribution >= 4 is 23.5 Å². The molecule has 2 unspecified atom stereocenters. The minimum absolute atomic E-state index is 0.0627. The van der Waals surface area contributed by atoms with E-state index in [4.69, 9.17) is 10.7 Å². The second kappa shape index (κ2) is 13.3. The zero-order valence-corrected chi connectivity index (χ0v) is 24.1. The van der Waals surface area contributed by atoms with Gasteiger partial charge in [-0.25, -0.2) is 14.8 Å². The first-order valence-corrected chi connectivity index (χ1v) is 14.6. The van der Waals surface area contributed by atoms with Crippen LogP contribution in [0.25, 0.3) is 0 Å². The molecule has 2 aliphatic rings. The Hall–Kier alpha value is -3.43. The summed E-state index contributed by atoms with van der Waals surface area (Å²) in [6, 6.07) is 16.8. The Labute approximate surface area is 238 Å². The summed E-state index contributed by atoms with van der Waals surface area (Å²) in [5.41, 5.74) is 7.80. The van der Waals surface area contributed by atoms with Crippen molar-refractivity contribution in [1.29, 1.82) is 0 Å². The fourth-order valence-electron chi connectivity index (χ4n) is 5.97. The molecule has 0 spiro atoms. The van der Waals surface area contributed by atoms with E-state index in [2.05, 4.69) is 19.1 Å². The van der Waals surface area contributed by atoms with Crippen molar-refractivity contribution in [2.24, 2.45) is 4.99 Å². The smallest absolute Gasteiger partial charge is 0.328 e. The molecule has 0 aromatic heterocycles. The summed E-state index contributed by atoms with van der Waals surface area (Å²) in [5, 5.41) is 13.9. The van der Waals surface area contributed by atoms with Gasteiger partial charge in [0.25, 0.3) is 5.91 Å². The molecule has 9 nitrogen and oxygen atoms in total. The summed E-state index contributed by atoms with van der Waals surface area (Å²) in [4.78, 5) is 37.0. The second-order valence-corrected chi connectivity index (χ2v) is 10.6. The molecule has 1 fully saturated rings. The monoisotopic (exact) mass is 548 g/mol. The van der Waals surface area contributed by atoms with Crippen molar-refractivity contribution in [1.82, 2.24) is 19.8 Å². The van der Waals surface area contributed by atoms with E-state index in [1.807, 2.05) is 71.2 Å². The number of nitrogens with zero attached hydrogens (tertiary/aromatic N) is 5. The Bertz CT molecular complexity index is 1190. The van der Waals surface area contributed by atoms with Crippen LogP contribution in [0.1, 0.15) is 57.6 Å². The summed E-state index contributed by atoms with van der Waals surface area (Å²) in [7, 11) is 0. The van der Waals surface area contributed by atoms with Crippen LogP contribution in [0.4, 0.5) is 10.5 Å². The fraction of sp³-hybridized carbons (Fsp3) is 0.516. The normalized spacial score (nSPS) is 20.9. The molecule has 0 saturated carbocycles. The van der Waals surface area contributed by atoms with Gasteiger partial charge in [0.05, 0.1) is 6.61 Å². The SMILES string of the molecule is CCCCCN1C(=O)C2N(N(CC)CCO)C(Cc3cccc(N)c3)=NC2(CC)N(CCc2ccccc2)C1=O. The second-order valence-electron chi connectivity index (χ2n) is 10.6. The maximum Gasteiger partial charge on any atom is 0.328 e. The summed E-state index contributed by atoms with van der Waals surface area (Å²) >= 11 is 0. The molecule has 4 rings (SSSR count). The first-order chi connectivity index (χ1) is 19.4. The molecular weight excluding hydrogens is 504 g/mol. The average Bonchev–Trinajstić information content (AvgIpc) is 3.28. The standard InChI is InChI=1S/C31H44N6O3/c1-4-7-11-18-35-29(39)28-31(5-2,36(30(35)40)19-17-24-13-9-8-10-14-24)33-27(37(28)34(6-3)20-21-38)23-25-15-12-16-26(32)22-25/h8-10,12-16,22,28,38H,4-7,11,17-21,23,32H2,1-3H3. The van der Waals surface area contributed by atoms with Crippen LogP contribution in [0.15, 0.2) is 59.6 Å². The van der Waals surface area contributed by atoms with Crippen molar-refractivity contribution < 1.29 is 14.7 Å². The van der Waals surface area contributed by atoms with Gasteiger partial charge >= 0.3 is 6.03 Å². The summed E-state index contributed by atoms with van der Waals surface area (Å²) < 4.78 is 0. The largest absolute Gasteiger partial charge is 0.399 e. The van der Waals surface area contributed by atoms with Gasteiger partial charge in [-0.05, 0) is 42.5 Å². The van der Waals surface area contributed by atoms with Crippen LogP contribution in [0.5, 0.6) is 0 Å². The van der Waals surface area contributed by atoms with Crippen LogP contribution in [0.2, 0.25) is 0 Å². The number of fused-ring (bicyclic) bond motifs is 1. The molecule has 0 bridgehead atoms. The predicted octanol–water partition coefficient (Wildman–Crippen LogP) is 3.93. The third kappa shape index (κ3) is 5.86. The number of carbonyl (C=O) groups excluding carboxylic acids is 2. The van der Waals surface area contributed by atoms with Crippen LogP contribution in [0.3, 0.4) is 0 Å². The Balaban J connectivity index is 1.81. The van der Waals surface area contributed by atoms with Gasteiger partial charge in [0.2, 0.25) is 0 Å². The summed E-state index contributed by atoms with van der Waals surface area (Å²) in [5.74, 6) is 0.482. The van der Waals surface area contributed by atoms with E-state index in [0.29, 0.717) is 57.0 Å². The van der Waals surface area contributed by atoms with Gasteiger partial charge in [0.1, 0.15) is 5.84 Å². The van der Waals surface area contributed by atoms with Crippen molar-refractivity contribution in [2.45, 2.75) is 71.0 Å². The van der Waals surface area contributed by atoms with E-state index in [-0.39, 0.29) is 18.5 Å². The number of imide groups is 1. The fourth-order valence-corrected chi connectivity index (χ4v) is 5.97. The van der Waals surface area contributed by atoms with Crippen LogP contribution < -0.4 is 5.73 Å². The first-order valence-electron chi connectivity index (χ1n) is 14.6. The van der Waals surface area contributed by atoms with Crippen molar-refractivity contribution in [2.75, 3.05) is 38.5 Å². The number of nitrogens with two attached hydrogens (primary N) is 1. The van der Waals surface area contributed by atoms with E-state index >= 15 is 0 Å². The van der Waals surface area contributed by atoms with Crippen LogP contribution in [-0.4, -0.2) is 87.2 Å². The molecule has 1 saturated heterocycles. The Kier molecular flexibility index (Phi) is 9.81. The molecule has 2 aromatic rings. The topological polar surface area (TPSA) is 106 Å². The third-order valence-electron chi connectivity index (χ3n) is 8.01. The summed E-state index contributed by atoms with van der Waals surface area (Å²) in [6.45, 7) is 7.81. The number of anilines is 1. The molecule has 2 heterocycles. The number of rotatable bonds is 14. The number of aliphatic imine (C=N–C) groups is 1. The van der Waals surface area contributed by atoms with Crippen molar-refractivity contribution in [3.63, 3.8) is 0 Å². The van der Waals surface area contributed by atoms with E-state index in [0.717, 1.165) is 30.4 Å². The minimum Gasteiger partial charge on any atom is -0.399 e. The van der Waals surface area contributed by atoms with Crippen molar-refractivity contribution in [3.05, 3.63) is 65.7 Å². The number of amidine groups is 1. The Morgan fingerprint density at radius 2 is 1.75 bits per heavy atom. The number of hydrogen-bond acceptors (Lipinski definition) is 7. The highest BCUT2D eigenvalue weighted by Crippen LogP contribution is 2.42. The number of carbonyl (C=O) groups is 2. The molecule has 2 aliphatic heterocycles. The van der Waals surface area contributed by atoms with E-state index in [1.165, 1.54) is 4.90 Å². The zero-order chi connectivity index (χ0) is 28.7. The molecule has 40 heavy (non-hydrogen) atoms. The maximum atomic E-state index is 14.3. The zero-order valence-electron chi connectivity index (χ0n) is 24.1. The molecule has 9 heteroatoms. The minimum atomic E-state index is -1.05. The van der Waals surface area contributed by atoms with Gasteiger partial charge < -0.3 is 10.8 Å². The molecule has 0 aliphatic carbocycles. The van der Waals surface area contributed by atoms with Gasteiger partial charge in [-0.3, -0.25) is 19.6 Å². The lowest BCUT2D eigenvalue weighted by Crippen LogP contribution is -2.74. The molecule has 2 aromatic carbocycles.